The maximum absolute atomic E-state index is 12.3. The number of anilines is 2. The first kappa shape index (κ1) is 22.9. The molecular weight excluding hydrogens is 420 g/mol. The summed E-state index contributed by atoms with van der Waals surface area (Å²) in [7, 11) is 1.41. The number of fused-ring (bicyclic) bond motifs is 1. The third-order valence-corrected chi connectivity index (χ3v) is 6.01. The van der Waals surface area contributed by atoms with E-state index in [2.05, 4.69) is 21.3 Å². The van der Waals surface area contributed by atoms with Gasteiger partial charge in [0.1, 0.15) is 11.4 Å². The van der Waals surface area contributed by atoms with Crippen molar-refractivity contribution in [2.45, 2.75) is 38.7 Å². The monoisotopic (exact) mass is 452 g/mol. The van der Waals surface area contributed by atoms with E-state index in [1.165, 1.54) is 7.11 Å². The highest BCUT2D eigenvalue weighted by atomic mass is 16.6. The van der Waals surface area contributed by atoms with Gasteiger partial charge in [-0.25, -0.2) is 14.6 Å². The molecule has 1 unspecified atom stereocenters. The summed E-state index contributed by atoms with van der Waals surface area (Å²) in [5, 5.41) is 3.40. The number of piperazine rings is 1. The first-order chi connectivity index (χ1) is 15.7. The van der Waals surface area contributed by atoms with Gasteiger partial charge >= 0.3 is 12.1 Å². The Balaban J connectivity index is 1.37. The second kappa shape index (κ2) is 9.29. The summed E-state index contributed by atoms with van der Waals surface area (Å²) in [4.78, 5) is 33.1. The minimum atomic E-state index is -0.488. The molecule has 1 amide bonds. The molecule has 8 nitrogen and oxygen atoms in total. The van der Waals surface area contributed by atoms with Crippen LogP contribution in [0.4, 0.5) is 16.3 Å². The van der Waals surface area contributed by atoms with Crippen LogP contribution in [0.2, 0.25) is 0 Å². The van der Waals surface area contributed by atoms with Gasteiger partial charge in [0.2, 0.25) is 0 Å². The highest BCUT2D eigenvalue weighted by Crippen LogP contribution is 2.36. The summed E-state index contributed by atoms with van der Waals surface area (Å²) in [5.74, 6) is 0.780. The van der Waals surface area contributed by atoms with E-state index < -0.39 is 5.60 Å². The van der Waals surface area contributed by atoms with Crippen LogP contribution >= 0.6 is 0 Å². The zero-order valence-corrected chi connectivity index (χ0v) is 19.8. The second-order valence-electron chi connectivity index (χ2n) is 9.52. The van der Waals surface area contributed by atoms with Crippen molar-refractivity contribution in [1.29, 1.82) is 0 Å². The molecule has 2 aliphatic rings. The summed E-state index contributed by atoms with van der Waals surface area (Å²) >= 11 is 0. The molecule has 1 aromatic carbocycles. The SMILES string of the molecule is COC(=O)c1cccc2c1C(Cc1ccc(N3CCN(C(=O)OC(C)(C)C)CC3)nc1)CN2. The molecule has 3 heterocycles. The number of nitrogens with zero attached hydrogens (tertiary/aromatic N) is 3. The molecule has 33 heavy (non-hydrogen) atoms. The topological polar surface area (TPSA) is 84.0 Å². The lowest BCUT2D eigenvalue weighted by atomic mass is 9.91. The van der Waals surface area contributed by atoms with Gasteiger partial charge in [0, 0.05) is 50.5 Å². The zero-order chi connectivity index (χ0) is 23.6. The van der Waals surface area contributed by atoms with E-state index in [1.54, 1.807) is 4.90 Å². The van der Waals surface area contributed by atoms with Crippen molar-refractivity contribution in [3.63, 3.8) is 0 Å². The predicted octanol–water partition coefficient (Wildman–Crippen LogP) is 3.68. The largest absolute Gasteiger partial charge is 0.465 e. The fourth-order valence-electron chi connectivity index (χ4n) is 4.41. The lowest BCUT2D eigenvalue weighted by Gasteiger charge is -2.36. The molecule has 0 saturated carbocycles. The van der Waals surface area contributed by atoms with Crippen LogP contribution in [0, 0.1) is 0 Å². The zero-order valence-electron chi connectivity index (χ0n) is 19.8. The number of nitrogens with one attached hydrogen (secondary N) is 1. The van der Waals surface area contributed by atoms with E-state index in [-0.39, 0.29) is 18.0 Å². The summed E-state index contributed by atoms with van der Waals surface area (Å²) in [6.07, 6.45) is 2.43. The van der Waals surface area contributed by atoms with Crippen molar-refractivity contribution >= 4 is 23.6 Å². The molecule has 1 aromatic heterocycles. The Bertz CT molecular complexity index is 1010. The number of hydrogen-bond donors (Lipinski definition) is 1. The molecule has 1 saturated heterocycles. The molecule has 176 valence electrons. The summed E-state index contributed by atoms with van der Waals surface area (Å²) in [6, 6.07) is 9.83. The van der Waals surface area contributed by atoms with E-state index in [4.69, 9.17) is 9.47 Å². The molecule has 0 spiro atoms. The number of hydrogen-bond acceptors (Lipinski definition) is 7. The normalized spacial score (nSPS) is 17.9. The van der Waals surface area contributed by atoms with Crippen LogP contribution in [0.3, 0.4) is 0 Å². The van der Waals surface area contributed by atoms with Crippen molar-refractivity contribution in [3.05, 3.63) is 53.2 Å². The first-order valence-corrected chi connectivity index (χ1v) is 11.4. The molecule has 8 heteroatoms. The summed E-state index contributed by atoms with van der Waals surface area (Å²) in [6.45, 7) is 9.06. The quantitative estimate of drug-likeness (QED) is 0.709. The predicted molar refractivity (Wildman–Crippen MR) is 127 cm³/mol. The molecule has 1 atom stereocenters. The smallest absolute Gasteiger partial charge is 0.410 e. The number of esters is 1. The molecule has 1 fully saturated rings. The van der Waals surface area contributed by atoms with Gasteiger partial charge < -0.3 is 24.6 Å². The van der Waals surface area contributed by atoms with Gasteiger partial charge in [-0.15, -0.1) is 0 Å². The van der Waals surface area contributed by atoms with Crippen LogP contribution in [-0.4, -0.2) is 67.4 Å². The molecule has 0 bridgehead atoms. The van der Waals surface area contributed by atoms with Crippen LogP contribution in [-0.2, 0) is 15.9 Å². The van der Waals surface area contributed by atoms with E-state index in [1.807, 2.05) is 51.2 Å². The van der Waals surface area contributed by atoms with E-state index in [0.717, 1.165) is 35.6 Å². The third-order valence-electron chi connectivity index (χ3n) is 6.01. The number of pyridine rings is 1. The molecule has 2 aromatic rings. The van der Waals surface area contributed by atoms with Crippen molar-refractivity contribution in [1.82, 2.24) is 9.88 Å². The van der Waals surface area contributed by atoms with Gasteiger partial charge in [-0.2, -0.15) is 0 Å². The van der Waals surface area contributed by atoms with Crippen LogP contribution < -0.4 is 10.2 Å². The number of ether oxygens (including phenoxy) is 2. The maximum atomic E-state index is 12.3. The number of benzene rings is 1. The Labute approximate surface area is 194 Å². The third kappa shape index (κ3) is 5.21. The number of carbonyl (C=O) groups is 2. The Morgan fingerprint density at radius 2 is 1.88 bits per heavy atom. The van der Waals surface area contributed by atoms with Crippen molar-refractivity contribution in [2.75, 3.05) is 50.1 Å². The van der Waals surface area contributed by atoms with Crippen molar-refractivity contribution < 1.29 is 19.1 Å². The van der Waals surface area contributed by atoms with Crippen LogP contribution in [0.5, 0.6) is 0 Å². The average molecular weight is 453 g/mol. The van der Waals surface area contributed by atoms with Crippen molar-refractivity contribution in [2.24, 2.45) is 0 Å². The van der Waals surface area contributed by atoms with Crippen LogP contribution in [0.15, 0.2) is 36.5 Å². The lowest BCUT2D eigenvalue weighted by molar-refractivity contribution is 0.0240. The number of rotatable bonds is 4. The minimum absolute atomic E-state index is 0.181. The van der Waals surface area contributed by atoms with E-state index in [9.17, 15) is 9.59 Å². The van der Waals surface area contributed by atoms with Gasteiger partial charge in [0.15, 0.2) is 0 Å². The molecule has 0 aliphatic carbocycles. The fourth-order valence-corrected chi connectivity index (χ4v) is 4.41. The van der Waals surface area contributed by atoms with Gasteiger partial charge in [-0.1, -0.05) is 12.1 Å². The molecule has 0 radical (unpaired) electrons. The standard InChI is InChI=1S/C25H32N4O4/c1-25(2,3)33-24(31)29-12-10-28(11-13-29)21-9-8-17(15-27-21)14-18-16-26-20-7-5-6-19(22(18)20)23(30)32-4/h5-9,15,18,26H,10-14,16H2,1-4H3. The highest BCUT2D eigenvalue weighted by Gasteiger charge is 2.29. The number of aromatic nitrogens is 1. The maximum Gasteiger partial charge on any atom is 0.410 e. The van der Waals surface area contributed by atoms with Gasteiger partial charge in [-0.05, 0) is 56.5 Å². The Hall–Kier alpha value is -3.29. The summed E-state index contributed by atoms with van der Waals surface area (Å²) in [5.41, 5.74) is 3.27. The molecule has 2 aliphatic heterocycles. The average Bonchev–Trinajstić information content (AvgIpc) is 3.21. The van der Waals surface area contributed by atoms with E-state index >= 15 is 0 Å². The van der Waals surface area contributed by atoms with Crippen LogP contribution in [0.1, 0.15) is 48.2 Å². The van der Waals surface area contributed by atoms with E-state index in [0.29, 0.717) is 31.7 Å². The highest BCUT2D eigenvalue weighted by molar-refractivity contribution is 5.93. The van der Waals surface area contributed by atoms with Gasteiger partial charge in [0.05, 0.1) is 12.7 Å². The second-order valence-corrected chi connectivity index (χ2v) is 9.52. The Morgan fingerprint density at radius 1 is 1.12 bits per heavy atom. The molecule has 4 rings (SSSR count). The van der Waals surface area contributed by atoms with Gasteiger partial charge in [-0.3, -0.25) is 0 Å². The number of amides is 1. The Morgan fingerprint density at radius 3 is 2.52 bits per heavy atom. The molecular formula is C25H32N4O4. The molecule has 1 N–H and O–H groups in total. The lowest BCUT2D eigenvalue weighted by Crippen LogP contribution is -2.50. The number of methoxy groups -OCH3 is 1. The Kier molecular flexibility index (Phi) is 6.44. The van der Waals surface area contributed by atoms with Crippen LogP contribution in [0.25, 0.3) is 0 Å². The van der Waals surface area contributed by atoms with Gasteiger partial charge in [0.25, 0.3) is 0 Å². The summed E-state index contributed by atoms with van der Waals surface area (Å²) < 4.78 is 10.4. The first-order valence-electron chi connectivity index (χ1n) is 11.4. The van der Waals surface area contributed by atoms with Crippen molar-refractivity contribution in [3.8, 4) is 0 Å². The fraction of sp³-hybridized carbons (Fsp3) is 0.480. The number of carbonyl (C=O) groups excluding carboxylic acids is 2. The minimum Gasteiger partial charge on any atom is -0.465 e.